The molecule has 1 aromatic heterocycles. The van der Waals surface area contributed by atoms with Crippen LogP contribution < -0.4 is 5.32 Å². The monoisotopic (exact) mass is 239 g/mol. The molecule has 1 aromatic rings. The smallest absolute Gasteiger partial charge is 0.307 e. The van der Waals surface area contributed by atoms with Crippen LogP contribution in [0.25, 0.3) is 0 Å². The van der Waals surface area contributed by atoms with Gasteiger partial charge in [0, 0.05) is 19.2 Å². The van der Waals surface area contributed by atoms with Gasteiger partial charge >= 0.3 is 5.97 Å². The highest BCUT2D eigenvalue weighted by Crippen LogP contribution is 2.11. The van der Waals surface area contributed by atoms with Crippen LogP contribution in [0.3, 0.4) is 0 Å². The lowest BCUT2D eigenvalue weighted by atomic mass is 9.95. The van der Waals surface area contributed by atoms with Crippen molar-refractivity contribution in [2.75, 3.05) is 0 Å². The van der Waals surface area contributed by atoms with E-state index in [4.69, 9.17) is 5.11 Å². The average Bonchev–Trinajstić information content (AvgIpc) is 2.69. The first-order valence-corrected chi connectivity index (χ1v) is 5.41. The number of carboxylic acid groups (broad SMARTS) is 1. The number of carbonyl (C=O) groups excluding carboxylic acids is 1. The van der Waals surface area contributed by atoms with Crippen molar-refractivity contribution in [3.8, 4) is 0 Å². The second kappa shape index (κ2) is 5.47. The average molecular weight is 239 g/mol. The first-order chi connectivity index (χ1) is 7.93. The van der Waals surface area contributed by atoms with Crippen LogP contribution in [-0.4, -0.2) is 26.8 Å². The lowest BCUT2D eigenvalue weighted by Crippen LogP contribution is -2.35. The molecule has 2 unspecified atom stereocenters. The Hall–Kier alpha value is -1.85. The number of aliphatic carboxylic acids is 1. The van der Waals surface area contributed by atoms with E-state index in [9.17, 15) is 9.59 Å². The molecule has 2 N–H and O–H groups in total. The van der Waals surface area contributed by atoms with Crippen molar-refractivity contribution in [3.63, 3.8) is 0 Å². The van der Waals surface area contributed by atoms with E-state index in [1.807, 2.05) is 0 Å². The summed E-state index contributed by atoms with van der Waals surface area (Å²) in [5, 5.41) is 15.5. The Morgan fingerprint density at radius 3 is 2.59 bits per heavy atom. The maximum absolute atomic E-state index is 11.7. The molecule has 0 aromatic carbocycles. The molecular formula is C11H17N3O3. The lowest BCUT2D eigenvalue weighted by Gasteiger charge is -2.15. The molecule has 1 amide bonds. The van der Waals surface area contributed by atoms with Gasteiger partial charge in [0.2, 0.25) is 5.91 Å². The van der Waals surface area contributed by atoms with E-state index in [2.05, 4.69) is 10.4 Å². The zero-order valence-corrected chi connectivity index (χ0v) is 10.2. The van der Waals surface area contributed by atoms with Gasteiger partial charge in [-0.1, -0.05) is 13.8 Å². The predicted octanol–water partition coefficient (Wildman–Crippen LogP) is 0.393. The Morgan fingerprint density at radius 1 is 1.47 bits per heavy atom. The summed E-state index contributed by atoms with van der Waals surface area (Å²) >= 11 is 0. The van der Waals surface area contributed by atoms with E-state index < -0.39 is 17.8 Å². The number of hydrogen-bond acceptors (Lipinski definition) is 3. The van der Waals surface area contributed by atoms with Crippen LogP contribution in [0.15, 0.2) is 12.3 Å². The lowest BCUT2D eigenvalue weighted by molar-refractivity contribution is -0.146. The summed E-state index contributed by atoms with van der Waals surface area (Å²) in [5.74, 6) is -2.48. The molecule has 0 aliphatic heterocycles. The molecule has 6 heteroatoms. The first kappa shape index (κ1) is 13.2. The fourth-order valence-corrected chi connectivity index (χ4v) is 1.35. The predicted molar refractivity (Wildman–Crippen MR) is 61.0 cm³/mol. The molecule has 0 bridgehead atoms. The number of hydrogen-bond donors (Lipinski definition) is 2. The van der Waals surface area contributed by atoms with Crippen molar-refractivity contribution in [2.45, 2.75) is 20.4 Å². The van der Waals surface area contributed by atoms with E-state index >= 15 is 0 Å². The Bertz CT molecular complexity index is 414. The van der Waals surface area contributed by atoms with Gasteiger partial charge in [0.15, 0.2) is 0 Å². The van der Waals surface area contributed by atoms with Crippen LogP contribution in [0.5, 0.6) is 0 Å². The SMILES string of the molecule is CC(C(=O)O)C(C)C(=O)NCc1ccnn1C. The zero-order valence-electron chi connectivity index (χ0n) is 10.2. The summed E-state index contributed by atoms with van der Waals surface area (Å²) in [6.07, 6.45) is 1.64. The Labute approximate surface area is 99.6 Å². The van der Waals surface area contributed by atoms with Crippen molar-refractivity contribution in [2.24, 2.45) is 18.9 Å². The molecule has 17 heavy (non-hydrogen) atoms. The quantitative estimate of drug-likeness (QED) is 0.778. The minimum atomic E-state index is -0.965. The third-order valence-corrected chi connectivity index (χ3v) is 2.92. The van der Waals surface area contributed by atoms with Crippen molar-refractivity contribution in [1.29, 1.82) is 0 Å². The molecule has 1 rings (SSSR count). The highest BCUT2D eigenvalue weighted by Gasteiger charge is 2.25. The normalized spacial score (nSPS) is 14.1. The van der Waals surface area contributed by atoms with Gasteiger partial charge in [-0.05, 0) is 6.07 Å². The summed E-state index contributed by atoms with van der Waals surface area (Å²) in [6, 6.07) is 1.80. The van der Waals surface area contributed by atoms with Gasteiger partial charge < -0.3 is 10.4 Å². The fourth-order valence-electron chi connectivity index (χ4n) is 1.35. The molecule has 0 aliphatic rings. The van der Waals surface area contributed by atoms with Gasteiger partial charge in [0.05, 0.1) is 18.2 Å². The number of carbonyl (C=O) groups is 2. The standard InChI is InChI=1S/C11H17N3O3/c1-7(8(2)11(16)17)10(15)12-6-9-4-5-13-14(9)3/h4-5,7-8H,6H2,1-3H3,(H,12,15)(H,16,17). The third-order valence-electron chi connectivity index (χ3n) is 2.92. The molecule has 0 saturated carbocycles. The zero-order chi connectivity index (χ0) is 13.0. The van der Waals surface area contributed by atoms with Gasteiger partial charge in [-0.25, -0.2) is 0 Å². The molecule has 1 heterocycles. The highest BCUT2D eigenvalue weighted by molar-refractivity contribution is 5.84. The Kier molecular flexibility index (Phi) is 4.25. The summed E-state index contributed by atoms with van der Waals surface area (Å²) in [5.41, 5.74) is 0.869. The third kappa shape index (κ3) is 3.30. The Balaban J connectivity index is 2.50. The van der Waals surface area contributed by atoms with E-state index in [1.165, 1.54) is 6.92 Å². The van der Waals surface area contributed by atoms with Gasteiger partial charge in [-0.2, -0.15) is 5.10 Å². The molecule has 6 nitrogen and oxygen atoms in total. The van der Waals surface area contributed by atoms with Gasteiger partial charge in [0.1, 0.15) is 0 Å². The van der Waals surface area contributed by atoms with Crippen LogP contribution >= 0.6 is 0 Å². The van der Waals surface area contributed by atoms with Crippen LogP contribution in [0.2, 0.25) is 0 Å². The van der Waals surface area contributed by atoms with Crippen LogP contribution in [0.4, 0.5) is 0 Å². The maximum Gasteiger partial charge on any atom is 0.307 e. The molecule has 0 fully saturated rings. The number of aromatic nitrogens is 2. The second-order valence-electron chi connectivity index (χ2n) is 4.08. The molecule has 94 valence electrons. The first-order valence-electron chi connectivity index (χ1n) is 5.41. The summed E-state index contributed by atoms with van der Waals surface area (Å²) in [7, 11) is 1.78. The molecule has 0 saturated heterocycles. The molecule has 0 spiro atoms. The molecule has 0 radical (unpaired) electrons. The second-order valence-corrected chi connectivity index (χ2v) is 4.08. The number of carboxylic acids is 1. The number of nitrogens with one attached hydrogen (secondary N) is 1. The van der Waals surface area contributed by atoms with Gasteiger partial charge in [-0.15, -0.1) is 0 Å². The van der Waals surface area contributed by atoms with Gasteiger partial charge in [-0.3, -0.25) is 14.3 Å². The van der Waals surface area contributed by atoms with Crippen molar-refractivity contribution >= 4 is 11.9 Å². The maximum atomic E-state index is 11.7. The fraction of sp³-hybridized carbons (Fsp3) is 0.545. The highest BCUT2D eigenvalue weighted by atomic mass is 16.4. The van der Waals surface area contributed by atoms with E-state index in [1.54, 1.807) is 30.9 Å². The van der Waals surface area contributed by atoms with Crippen LogP contribution in [0, 0.1) is 11.8 Å². The van der Waals surface area contributed by atoms with Gasteiger partial charge in [0.25, 0.3) is 0 Å². The van der Waals surface area contributed by atoms with E-state index in [-0.39, 0.29) is 5.91 Å². The van der Waals surface area contributed by atoms with Crippen molar-refractivity contribution in [3.05, 3.63) is 18.0 Å². The largest absolute Gasteiger partial charge is 0.481 e. The number of aryl methyl sites for hydroxylation is 1. The molecular weight excluding hydrogens is 222 g/mol. The summed E-state index contributed by atoms with van der Waals surface area (Å²) in [6.45, 7) is 3.49. The minimum absolute atomic E-state index is 0.263. The van der Waals surface area contributed by atoms with Crippen LogP contribution in [0.1, 0.15) is 19.5 Å². The van der Waals surface area contributed by atoms with E-state index in [0.29, 0.717) is 6.54 Å². The summed E-state index contributed by atoms with van der Waals surface area (Å²) < 4.78 is 1.66. The number of nitrogens with zero attached hydrogens (tertiary/aromatic N) is 2. The summed E-state index contributed by atoms with van der Waals surface area (Å²) in [4.78, 5) is 22.4. The minimum Gasteiger partial charge on any atom is -0.481 e. The number of rotatable bonds is 5. The van der Waals surface area contributed by atoms with Crippen molar-refractivity contribution < 1.29 is 14.7 Å². The topological polar surface area (TPSA) is 84.2 Å². The number of amides is 1. The van der Waals surface area contributed by atoms with E-state index in [0.717, 1.165) is 5.69 Å². The molecule has 2 atom stereocenters. The Morgan fingerprint density at radius 2 is 2.12 bits per heavy atom. The van der Waals surface area contributed by atoms with Crippen molar-refractivity contribution in [1.82, 2.24) is 15.1 Å². The molecule has 0 aliphatic carbocycles. The van der Waals surface area contributed by atoms with Crippen LogP contribution in [-0.2, 0) is 23.2 Å².